The average molecular weight is 507 g/mol. The normalized spacial score (nSPS) is 13.9. The summed E-state index contributed by atoms with van der Waals surface area (Å²) in [5.74, 6) is -1.15. The first-order chi connectivity index (χ1) is 16.6. The fourth-order valence-electron chi connectivity index (χ4n) is 3.28. The van der Waals surface area contributed by atoms with E-state index >= 15 is 0 Å². The molecule has 2 heterocycles. The van der Waals surface area contributed by atoms with Gasteiger partial charge in [-0.15, -0.1) is 0 Å². The summed E-state index contributed by atoms with van der Waals surface area (Å²) in [6, 6.07) is 4.73. The van der Waals surface area contributed by atoms with Crippen molar-refractivity contribution in [3.05, 3.63) is 42.0 Å². The number of nitrogens with zero attached hydrogens (tertiary/aromatic N) is 4. The van der Waals surface area contributed by atoms with E-state index in [9.17, 15) is 17.6 Å². The molecular weight excluding hydrogens is 479 g/mol. The van der Waals surface area contributed by atoms with Gasteiger partial charge in [-0.2, -0.15) is 0 Å². The van der Waals surface area contributed by atoms with E-state index in [4.69, 9.17) is 20.7 Å². The second-order valence-electron chi connectivity index (χ2n) is 8.02. The number of rotatable bonds is 10. The highest BCUT2D eigenvalue weighted by Gasteiger charge is 2.19. The monoisotopic (exact) mass is 506 g/mol. The number of benzene rings is 1. The molecule has 0 radical (unpaired) electrons. The molecule has 1 aliphatic rings. The molecule has 0 atom stereocenters. The number of ether oxygens (including phenoxy) is 1. The minimum absolute atomic E-state index is 0.0230. The van der Waals surface area contributed by atoms with Crippen molar-refractivity contribution in [3.63, 3.8) is 0 Å². The molecule has 35 heavy (non-hydrogen) atoms. The zero-order valence-electron chi connectivity index (χ0n) is 19.2. The van der Waals surface area contributed by atoms with E-state index in [-0.39, 0.29) is 42.3 Å². The first-order valence-corrected chi connectivity index (χ1v) is 12.9. The second-order valence-corrected chi connectivity index (χ2v) is 10.3. The number of amidine groups is 1. The molecule has 0 saturated carbocycles. The SMILES string of the molecule is CS(=O)(=O)CCON=C1CCN(c2ncc(-c3cccc(COC(=O)CC(=N)N)c3F)cn2)CC1. The van der Waals surface area contributed by atoms with Crippen LogP contribution < -0.4 is 10.6 Å². The molecule has 2 aromatic rings. The average Bonchev–Trinajstić information content (AvgIpc) is 2.81. The zero-order valence-corrected chi connectivity index (χ0v) is 20.1. The van der Waals surface area contributed by atoms with Crippen molar-refractivity contribution in [3.8, 4) is 11.1 Å². The number of carbonyl (C=O) groups excluding carboxylic acids is 1. The van der Waals surface area contributed by atoms with Gasteiger partial charge in [0, 0.05) is 61.3 Å². The number of sulfone groups is 1. The summed E-state index contributed by atoms with van der Waals surface area (Å²) in [4.78, 5) is 27.4. The Kier molecular flexibility index (Phi) is 8.68. The molecule has 1 aromatic carbocycles. The topological polar surface area (TPSA) is 161 Å². The number of oxime groups is 1. The summed E-state index contributed by atoms with van der Waals surface area (Å²) >= 11 is 0. The van der Waals surface area contributed by atoms with Gasteiger partial charge < -0.3 is 20.2 Å². The van der Waals surface area contributed by atoms with Crippen LogP contribution in [0, 0.1) is 11.2 Å². The van der Waals surface area contributed by atoms with Gasteiger partial charge >= 0.3 is 5.97 Å². The first kappa shape index (κ1) is 26.0. The number of aromatic nitrogens is 2. The summed E-state index contributed by atoms with van der Waals surface area (Å²) in [5.41, 5.74) is 6.94. The van der Waals surface area contributed by atoms with Crippen LogP contribution in [0.25, 0.3) is 11.1 Å². The fraction of sp³-hybridized carbons (Fsp3) is 0.409. The van der Waals surface area contributed by atoms with Crippen LogP contribution in [0.2, 0.25) is 0 Å². The number of halogens is 1. The third-order valence-corrected chi connectivity index (χ3v) is 6.02. The van der Waals surface area contributed by atoms with E-state index in [1.54, 1.807) is 12.1 Å². The number of nitrogens with two attached hydrogens (primary N) is 1. The van der Waals surface area contributed by atoms with Crippen molar-refractivity contribution in [2.45, 2.75) is 25.9 Å². The Balaban J connectivity index is 1.58. The number of nitrogens with one attached hydrogen (secondary N) is 1. The predicted octanol–water partition coefficient (Wildman–Crippen LogP) is 1.67. The van der Waals surface area contributed by atoms with Crippen molar-refractivity contribution in [1.82, 2.24) is 9.97 Å². The van der Waals surface area contributed by atoms with Crippen molar-refractivity contribution in [2.75, 3.05) is 36.6 Å². The Labute approximate surface area is 202 Å². The van der Waals surface area contributed by atoms with Crippen LogP contribution in [0.4, 0.5) is 10.3 Å². The number of hydrogen-bond donors (Lipinski definition) is 2. The highest BCUT2D eigenvalue weighted by molar-refractivity contribution is 7.90. The van der Waals surface area contributed by atoms with E-state index in [2.05, 4.69) is 15.1 Å². The quantitative estimate of drug-likeness (QED) is 0.160. The largest absolute Gasteiger partial charge is 0.460 e. The van der Waals surface area contributed by atoms with Crippen LogP contribution >= 0.6 is 0 Å². The summed E-state index contributed by atoms with van der Waals surface area (Å²) < 4.78 is 42.2. The van der Waals surface area contributed by atoms with Crippen molar-refractivity contribution < 1.29 is 27.2 Å². The van der Waals surface area contributed by atoms with Gasteiger partial charge in [0.1, 0.15) is 31.3 Å². The van der Waals surface area contributed by atoms with E-state index < -0.39 is 21.6 Å². The van der Waals surface area contributed by atoms with Crippen LogP contribution in [-0.4, -0.2) is 67.6 Å². The van der Waals surface area contributed by atoms with Crippen LogP contribution in [-0.2, 0) is 30.8 Å². The molecule has 1 aliphatic heterocycles. The van der Waals surface area contributed by atoms with E-state index in [1.165, 1.54) is 18.5 Å². The van der Waals surface area contributed by atoms with E-state index in [1.807, 2.05) is 4.90 Å². The molecule has 1 saturated heterocycles. The Morgan fingerprint density at radius 2 is 1.94 bits per heavy atom. The lowest BCUT2D eigenvalue weighted by atomic mass is 10.0. The molecule has 0 amide bonds. The number of hydrogen-bond acceptors (Lipinski definition) is 10. The smallest absolute Gasteiger partial charge is 0.313 e. The second kappa shape index (κ2) is 11.7. The minimum atomic E-state index is -3.08. The van der Waals surface area contributed by atoms with Gasteiger partial charge in [0.15, 0.2) is 9.84 Å². The Morgan fingerprint density at radius 1 is 1.26 bits per heavy atom. The van der Waals surface area contributed by atoms with E-state index in [0.717, 1.165) is 12.0 Å². The van der Waals surface area contributed by atoms with Crippen LogP contribution in [0.3, 0.4) is 0 Å². The van der Waals surface area contributed by atoms with Crippen molar-refractivity contribution in [1.29, 1.82) is 5.41 Å². The number of carbonyl (C=O) groups is 1. The van der Waals surface area contributed by atoms with Crippen LogP contribution in [0.15, 0.2) is 35.7 Å². The number of anilines is 1. The number of esters is 1. The van der Waals surface area contributed by atoms with Gasteiger partial charge in [0.05, 0.1) is 11.5 Å². The maximum absolute atomic E-state index is 15.0. The fourth-order valence-corrected chi connectivity index (χ4v) is 3.66. The zero-order chi connectivity index (χ0) is 25.4. The molecule has 0 unspecified atom stereocenters. The molecule has 11 nitrogen and oxygen atoms in total. The van der Waals surface area contributed by atoms with Gasteiger partial charge in [0.25, 0.3) is 0 Å². The van der Waals surface area contributed by atoms with Gasteiger partial charge in [0.2, 0.25) is 5.95 Å². The molecule has 3 N–H and O–H groups in total. The van der Waals surface area contributed by atoms with Crippen molar-refractivity contribution in [2.24, 2.45) is 10.9 Å². The molecule has 188 valence electrons. The first-order valence-electron chi connectivity index (χ1n) is 10.8. The lowest BCUT2D eigenvalue weighted by Gasteiger charge is -2.27. The molecular formula is C22H27FN6O5S. The van der Waals surface area contributed by atoms with Crippen LogP contribution in [0.5, 0.6) is 0 Å². The highest BCUT2D eigenvalue weighted by atomic mass is 32.2. The third kappa shape index (κ3) is 7.98. The minimum Gasteiger partial charge on any atom is -0.460 e. The standard InChI is InChI=1S/C22H27FN6O5S/c1-35(31,32)10-9-34-28-17-5-7-29(8-6-17)22-26-12-16(13-27-22)18-4-2-3-15(21(18)23)14-33-20(30)11-19(24)25/h2-4,12-13H,5-11,14H2,1H3,(H3,24,25). The van der Waals surface area contributed by atoms with Gasteiger partial charge in [-0.3, -0.25) is 10.2 Å². The maximum Gasteiger partial charge on any atom is 0.313 e. The molecule has 0 spiro atoms. The van der Waals surface area contributed by atoms with Gasteiger partial charge in [-0.25, -0.2) is 22.8 Å². The molecule has 0 bridgehead atoms. The highest BCUT2D eigenvalue weighted by Crippen LogP contribution is 2.26. The lowest BCUT2D eigenvalue weighted by Crippen LogP contribution is -2.35. The summed E-state index contributed by atoms with van der Waals surface area (Å²) in [6.07, 6.45) is 5.12. The van der Waals surface area contributed by atoms with Crippen molar-refractivity contribution >= 4 is 33.3 Å². The Hall–Kier alpha value is -3.61. The lowest BCUT2D eigenvalue weighted by molar-refractivity contribution is -0.143. The molecule has 1 fully saturated rings. The Morgan fingerprint density at radius 3 is 2.57 bits per heavy atom. The summed E-state index contributed by atoms with van der Waals surface area (Å²) in [5, 5.41) is 11.1. The van der Waals surface area contributed by atoms with Gasteiger partial charge in [-0.05, 0) is 0 Å². The molecule has 3 rings (SSSR count). The van der Waals surface area contributed by atoms with E-state index in [0.29, 0.717) is 37.4 Å². The predicted molar refractivity (Wildman–Crippen MR) is 128 cm³/mol. The molecule has 1 aromatic heterocycles. The third-order valence-electron chi connectivity index (χ3n) is 5.11. The summed E-state index contributed by atoms with van der Waals surface area (Å²) in [6.45, 7) is 0.974. The molecule has 13 heteroatoms. The summed E-state index contributed by atoms with van der Waals surface area (Å²) in [7, 11) is -3.08. The van der Waals surface area contributed by atoms with Gasteiger partial charge in [-0.1, -0.05) is 23.4 Å². The van der Waals surface area contributed by atoms with Crippen LogP contribution in [0.1, 0.15) is 24.8 Å². The Bertz CT molecular complexity index is 1190. The maximum atomic E-state index is 15.0. The molecule has 0 aliphatic carbocycles. The number of piperidine rings is 1.